The molecule has 2 N–H and O–H groups in total. The maximum atomic E-state index is 11.5. The van der Waals surface area contributed by atoms with Crippen LogP contribution in [0.15, 0.2) is 40.4 Å². The number of hydrogen-bond donors (Lipinski definition) is 2. The van der Waals surface area contributed by atoms with Crippen molar-refractivity contribution in [2.75, 3.05) is 6.54 Å². The molecule has 0 aliphatic rings. The highest BCUT2D eigenvalue weighted by atomic mass is 32.1. The van der Waals surface area contributed by atoms with Gasteiger partial charge in [-0.15, -0.1) is 11.3 Å². The van der Waals surface area contributed by atoms with Gasteiger partial charge < -0.3 is 10.4 Å². The Morgan fingerprint density at radius 2 is 2.33 bits per heavy atom. The molecule has 0 spiro atoms. The minimum atomic E-state index is -0.636. The molecule has 2 rings (SSSR count). The van der Waals surface area contributed by atoms with Crippen LogP contribution in [0.5, 0.6) is 0 Å². The van der Waals surface area contributed by atoms with E-state index in [-0.39, 0.29) is 12.5 Å². The molecule has 0 saturated carbocycles. The predicted molar refractivity (Wildman–Crippen MR) is 75.6 cm³/mol. The lowest BCUT2D eigenvalue weighted by atomic mass is 10.3. The van der Waals surface area contributed by atoms with Gasteiger partial charge in [-0.05, 0) is 39.9 Å². The highest BCUT2D eigenvalue weighted by molar-refractivity contribution is 7.10. The van der Waals surface area contributed by atoms with E-state index >= 15 is 0 Å². The van der Waals surface area contributed by atoms with Gasteiger partial charge in [-0.2, -0.15) is 11.3 Å². The van der Waals surface area contributed by atoms with Crippen molar-refractivity contribution >= 4 is 34.7 Å². The molecule has 0 saturated heterocycles. The van der Waals surface area contributed by atoms with Gasteiger partial charge in [0.15, 0.2) is 0 Å². The van der Waals surface area contributed by atoms with Crippen LogP contribution in [0, 0.1) is 0 Å². The molecule has 5 heteroatoms. The first-order chi connectivity index (χ1) is 8.75. The second kappa shape index (κ2) is 6.49. The maximum Gasteiger partial charge on any atom is 0.244 e. The fraction of sp³-hybridized carbons (Fsp3) is 0.154. The summed E-state index contributed by atoms with van der Waals surface area (Å²) in [5.74, 6) is -0.197. The highest BCUT2D eigenvalue weighted by Gasteiger charge is 2.08. The number of nitrogens with one attached hydrogen (secondary N) is 1. The van der Waals surface area contributed by atoms with Crippen molar-refractivity contribution < 1.29 is 9.90 Å². The van der Waals surface area contributed by atoms with Crippen molar-refractivity contribution in [3.63, 3.8) is 0 Å². The number of hydrogen-bond acceptors (Lipinski definition) is 4. The van der Waals surface area contributed by atoms with Crippen LogP contribution in [0.1, 0.15) is 16.5 Å². The SMILES string of the molecule is O=C(/C=C/c1ccsc1)NC[C@@H](O)c1cccs1. The summed E-state index contributed by atoms with van der Waals surface area (Å²) in [5.41, 5.74) is 1.01. The summed E-state index contributed by atoms with van der Waals surface area (Å²) in [6, 6.07) is 5.67. The Kier molecular flexibility index (Phi) is 4.69. The second-order valence-corrected chi connectivity index (χ2v) is 5.43. The molecule has 2 aromatic rings. The van der Waals surface area contributed by atoms with Crippen LogP contribution < -0.4 is 5.32 Å². The molecular formula is C13H13NO2S2. The average Bonchev–Trinajstić information content (AvgIpc) is 3.05. The number of carbonyl (C=O) groups is 1. The van der Waals surface area contributed by atoms with Crippen LogP contribution in [0.2, 0.25) is 0 Å². The molecule has 0 fully saturated rings. The van der Waals surface area contributed by atoms with Gasteiger partial charge in [0.05, 0.1) is 0 Å². The summed E-state index contributed by atoms with van der Waals surface area (Å²) < 4.78 is 0. The van der Waals surface area contributed by atoms with Gasteiger partial charge >= 0.3 is 0 Å². The van der Waals surface area contributed by atoms with Crippen LogP contribution in [-0.4, -0.2) is 17.6 Å². The lowest BCUT2D eigenvalue weighted by Crippen LogP contribution is -2.26. The molecule has 3 nitrogen and oxygen atoms in total. The summed E-state index contributed by atoms with van der Waals surface area (Å²) in [7, 11) is 0. The molecule has 0 unspecified atom stereocenters. The minimum absolute atomic E-state index is 0.197. The fourth-order valence-corrected chi connectivity index (χ4v) is 2.72. The predicted octanol–water partition coefficient (Wildman–Crippen LogP) is 2.67. The zero-order valence-electron chi connectivity index (χ0n) is 9.58. The number of carbonyl (C=O) groups excluding carboxylic acids is 1. The van der Waals surface area contributed by atoms with Crippen LogP contribution in [0.25, 0.3) is 6.08 Å². The van der Waals surface area contributed by atoms with Crippen LogP contribution in [-0.2, 0) is 4.79 Å². The number of amides is 1. The third-order valence-corrected chi connectivity index (χ3v) is 3.99. The Morgan fingerprint density at radius 3 is 3.00 bits per heavy atom. The van der Waals surface area contributed by atoms with E-state index in [9.17, 15) is 9.90 Å². The van der Waals surface area contributed by atoms with Crippen LogP contribution >= 0.6 is 22.7 Å². The van der Waals surface area contributed by atoms with Gasteiger partial charge in [-0.25, -0.2) is 0 Å². The Balaban J connectivity index is 1.78. The van der Waals surface area contributed by atoms with E-state index in [1.807, 2.05) is 34.3 Å². The summed E-state index contributed by atoms with van der Waals surface area (Å²) in [6.45, 7) is 0.229. The van der Waals surface area contributed by atoms with Crippen molar-refractivity contribution in [3.8, 4) is 0 Å². The van der Waals surface area contributed by atoms with Crippen molar-refractivity contribution in [1.82, 2.24) is 5.32 Å². The number of aliphatic hydroxyl groups excluding tert-OH is 1. The molecule has 18 heavy (non-hydrogen) atoms. The van der Waals surface area contributed by atoms with E-state index in [1.165, 1.54) is 17.4 Å². The quantitative estimate of drug-likeness (QED) is 0.827. The molecule has 0 aromatic carbocycles. The van der Waals surface area contributed by atoms with Crippen LogP contribution in [0.3, 0.4) is 0 Å². The zero-order chi connectivity index (χ0) is 12.8. The monoisotopic (exact) mass is 279 g/mol. The molecule has 0 radical (unpaired) electrons. The van der Waals surface area contributed by atoms with E-state index in [0.717, 1.165) is 10.4 Å². The summed E-state index contributed by atoms with van der Waals surface area (Å²) in [5, 5.41) is 18.3. The third-order valence-electron chi connectivity index (χ3n) is 2.31. The first kappa shape index (κ1) is 13.0. The highest BCUT2D eigenvalue weighted by Crippen LogP contribution is 2.17. The van der Waals surface area contributed by atoms with Gasteiger partial charge in [0.1, 0.15) is 6.10 Å². The van der Waals surface area contributed by atoms with E-state index in [2.05, 4.69) is 5.32 Å². The molecule has 94 valence electrons. The number of rotatable bonds is 5. The number of aliphatic hydroxyl groups is 1. The first-order valence-corrected chi connectivity index (χ1v) is 7.27. The Morgan fingerprint density at radius 1 is 1.44 bits per heavy atom. The maximum absolute atomic E-state index is 11.5. The third kappa shape index (κ3) is 3.80. The van der Waals surface area contributed by atoms with Crippen LogP contribution in [0.4, 0.5) is 0 Å². The Bertz CT molecular complexity index is 503. The minimum Gasteiger partial charge on any atom is -0.386 e. The molecule has 0 aliphatic carbocycles. The van der Waals surface area contributed by atoms with E-state index in [0.29, 0.717) is 0 Å². The standard InChI is InChI=1S/C13H13NO2S2/c15-11(12-2-1-6-18-12)8-14-13(16)4-3-10-5-7-17-9-10/h1-7,9,11,15H,8H2,(H,14,16)/b4-3+/t11-/m1/s1. The molecule has 2 aromatic heterocycles. The summed E-state index contributed by atoms with van der Waals surface area (Å²) in [6.07, 6.45) is 2.59. The Labute approximate surface area is 113 Å². The van der Waals surface area contributed by atoms with Gasteiger partial charge in [0.2, 0.25) is 5.91 Å². The lowest BCUT2D eigenvalue weighted by Gasteiger charge is -2.08. The zero-order valence-corrected chi connectivity index (χ0v) is 11.2. The normalized spacial score (nSPS) is 12.7. The smallest absolute Gasteiger partial charge is 0.244 e. The Hall–Kier alpha value is -1.43. The van der Waals surface area contributed by atoms with Crippen molar-refractivity contribution in [3.05, 3.63) is 50.9 Å². The molecule has 1 amide bonds. The lowest BCUT2D eigenvalue weighted by molar-refractivity contribution is -0.116. The summed E-state index contributed by atoms with van der Waals surface area (Å²) >= 11 is 3.06. The van der Waals surface area contributed by atoms with E-state index in [4.69, 9.17) is 0 Å². The van der Waals surface area contributed by atoms with Gasteiger partial charge in [0.25, 0.3) is 0 Å². The molecule has 1 atom stereocenters. The van der Waals surface area contributed by atoms with Crippen molar-refractivity contribution in [1.29, 1.82) is 0 Å². The molecule has 2 heterocycles. The molecular weight excluding hydrogens is 266 g/mol. The average molecular weight is 279 g/mol. The van der Waals surface area contributed by atoms with Crippen molar-refractivity contribution in [2.45, 2.75) is 6.10 Å². The van der Waals surface area contributed by atoms with E-state index < -0.39 is 6.10 Å². The first-order valence-electron chi connectivity index (χ1n) is 5.45. The fourth-order valence-electron chi connectivity index (χ4n) is 1.38. The van der Waals surface area contributed by atoms with Gasteiger partial charge in [0, 0.05) is 17.5 Å². The van der Waals surface area contributed by atoms with Crippen molar-refractivity contribution in [2.24, 2.45) is 0 Å². The molecule has 0 aliphatic heterocycles. The largest absolute Gasteiger partial charge is 0.386 e. The number of thiophene rings is 2. The van der Waals surface area contributed by atoms with Gasteiger partial charge in [-0.3, -0.25) is 4.79 Å². The summed E-state index contributed by atoms with van der Waals surface area (Å²) in [4.78, 5) is 12.4. The van der Waals surface area contributed by atoms with Gasteiger partial charge in [-0.1, -0.05) is 6.07 Å². The van der Waals surface area contributed by atoms with E-state index in [1.54, 1.807) is 17.4 Å². The molecule has 0 bridgehead atoms. The second-order valence-electron chi connectivity index (χ2n) is 3.67. The topological polar surface area (TPSA) is 49.3 Å².